The summed E-state index contributed by atoms with van der Waals surface area (Å²) in [5.74, 6) is 2.93. The zero-order valence-electron chi connectivity index (χ0n) is 11.6. The number of rotatable bonds is 3. The number of fused-ring (bicyclic) bond motifs is 1. The smallest absolute Gasteiger partial charge is 0.119 e. The molecular formula is C16H20N2O. The van der Waals surface area contributed by atoms with Crippen molar-refractivity contribution >= 4 is 0 Å². The molecule has 0 amide bonds. The first kappa shape index (κ1) is 12.3. The molecule has 2 heterocycles. The predicted molar refractivity (Wildman–Crippen MR) is 75.5 cm³/mol. The van der Waals surface area contributed by atoms with E-state index < -0.39 is 0 Å². The molecule has 0 bridgehead atoms. The molecule has 2 aromatic rings. The van der Waals surface area contributed by atoms with Gasteiger partial charge in [0.25, 0.3) is 0 Å². The maximum atomic E-state index is 5.26. The van der Waals surface area contributed by atoms with Crippen molar-refractivity contribution in [3.05, 3.63) is 47.5 Å². The van der Waals surface area contributed by atoms with Crippen LogP contribution in [0.15, 0.2) is 30.5 Å². The number of imidazole rings is 1. The minimum Gasteiger partial charge on any atom is -0.497 e. The van der Waals surface area contributed by atoms with Crippen molar-refractivity contribution in [2.75, 3.05) is 7.11 Å². The van der Waals surface area contributed by atoms with Crippen LogP contribution in [0.5, 0.6) is 5.75 Å². The van der Waals surface area contributed by atoms with Gasteiger partial charge in [0.15, 0.2) is 0 Å². The number of benzene rings is 1. The highest BCUT2D eigenvalue weighted by Gasteiger charge is 2.17. The van der Waals surface area contributed by atoms with Crippen LogP contribution in [0.4, 0.5) is 0 Å². The average Bonchev–Trinajstić information content (AvgIpc) is 2.80. The monoisotopic (exact) mass is 256 g/mol. The molecule has 0 aliphatic carbocycles. The van der Waals surface area contributed by atoms with Gasteiger partial charge < -0.3 is 9.30 Å². The fourth-order valence-electron chi connectivity index (χ4n) is 2.75. The summed E-state index contributed by atoms with van der Waals surface area (Å²) in [4.78, 5) is 4.76. The van der Waals surface area contributed by atoms with E-state index in [1.165, 1.54) is 17.8 Å². The van der Waals surface area contributed by atoms with Crippen molar-refractivity contribution < 1.29 is 4.74 Å². The summed E-state index contributed by atoms with van der Waals surface area (Å²) in [6, 6.07) is 8.22. The number of methoxy groups -OCH3 is 1. The van der Waals surface area contributed by atoms with Crippen molar-refractivity contribution in [3.63, 3.8) is 0 Å². The van der Waals surface area contributed by atoms with Crippen LogP contribution < -0.4 is 4.74 Å². The lowest BCUT2D eigenvalue weighted by Crippen LogP contribution is -2.17. The summed E-state index contributed by atoms with van der Waals surface area (Å²) < 4.78 is 7.59. The van der Waals surface area contributed by atoms with Crippen molar-refractivity contribution in [2.24, 2.45) is 5.92 Å². The Hall–Kier alpha value is -1.77. The van der Waals surface area contributed by atoms with Gasteiger partial charge >= 0.3 is 0 Å². The van der Waals surface area contributed by atoms with Crippen LogP contribution in [-0.2, 0) is 19.4 Å². The molecule has 1 aliphatic heterocycles. The van der Waals surface area contributed by atoms with Crippen molar-refractivity contribution in [1.82, 2.24) is 9.55 Å². The van der Waals surface area contributed by atoms with Gasteiger partial charge in [-0.15, -0.1) is 0 Å². The van der Waals surface area contributed by atoms with Crippen LogP contribution >= 0.6 is 0 Å². The van der Waals surface area contributed by atoms with Crippen LogP contribution in [0.3, 0.4) is 0 Å². The normalized spacial score (nSPS) is 18.1. The van der Waals surface area contributed by atoms with Crippen molar-refractivity contribution in [2.45, 2.75) is 32.7 Å². The molecule has 1 aromatic heterocycles. The Bertz CT molecular complexity index is 574. The van der Waals surface area contributed by atoms with E-state index in [9.17, 15) is 0 Å². The Morgan fingerprint density at radius 3 is 3.16 bits per heavy atom. The van der Waals surface area contributed by atoms with Gasteiger partial charge in [-0.3, -0.25) is 0 Å². The fourth-order valence-corrected chi connectivity index (χ4v) is 2.75. The number of aryl methyl sites for hydroxylation is 1. The number of hydrogen-bond acceptors (Lipinski definition) is 2. The Labute approximate surface area is 114 Å². The molecule has 19 heavy (non-hydrogen) atoms. The first-order valence-corrected chi connectivity index (χ1v) is 6.92. The lowest BCUT2D eigenvalue weighted by atomic mass is 10.0. The molecule has 0 saturated carbocycles. The van der Waals surface area contributed by atoms with E-state index in [2.05, 4.69) is 29.8 Å². The van der Waals surface area contributed by atoms with Gasteiger partial charge in [-0.1, -0.05) is 19.1 Å². The van der Waals surface area contributed by atoms with Crippen LogP contribution in [0.25, 0.3) is 0 Å². The largest absolute Gasteiger partial charge is 0.497 e. The number of hydrogen-bond donors (Lipinski definition) is 0. The lowest BCUT2D eigenvalue weighted by molar-refractivity contribution is 0.394. The van der Waals surface area contributed by atoms with E-state index >= 15 is 0 Å². The second kappa shape index (κ2) is 5.08. The summed E-state index contributed by atoms with van der Waals surface area (Å²) in [7, 11) is 1.70. The first-order valence-electron chi connectivity index (χ1n) is 6.92. The molecule has 3 rings (SSSR count). The number of aromatic nitrogens is 2. The van der Waals surface area contributed by atoms with Crippen molar-refractivity contribution in [3.8, 4) is 5.75 Å². The molecule has 0 N–H and O–H groups in total. The van der Waals surface area contributed by atoms with Gasteiger partial charge in [-0.25, -0.2) is 4.98 Å². The molecule has 0 radical (unpaired) electrons. The van der Waals surface area contributed by atoms with Crippen LogP contribution in [0.2, 0.25) is 0 Å². The highest BCUT2D eigenvalue weighted by molar-refractivity contribution is 5.31. The molecule has 0 fully saturated rings. The van der Waals surface area contributed by atoms with Gasteiger partial charge in [0.05, 0.1) is 12.8 Å². The SMILES string of the molecule is COc1cccc(Cc2cn3c(n2)CCC(C)C3)c1. The van der Waals surface area contributed by atoms with E-state index in [1.54, 1.807) is 7.11 Å². The van der Waals surface area contributed by atoms with Crippen molar-refractivity contribution in [1.29, 1.82) is 0 Å². The predicted octanol–water partition coefficient (Wildman–Crippen LogP) is 3.06. The molecule has 0 spiro atoms. The standard InChI is InChI=1S/C16H20N2O/c1-12-6-7-16-17-14(11-18(16)10-12)8-13-4-3-5-15(9-13)19-2/h3-5,9,11-12H,6-8,10H2,1-2H3. The first-order chi connectivity index (χ1) is 9.24. The molecular weight excluding hydrogens is 236 g/mol. The Morgan fingerprint density at radius 1 is 1.42 bits per heavy atom. The zero-order chi connectivity index (χ0) is 13.2. The summed E-state index contributed by atoms with van der Waals surface area (Å²) in [5, 5.41) is 0. The fraction of sp³-hybridized carbons (Fsp3) is 0.438. The van der Waals surface area contributed by atoms with Gasteiger partial charge in [0, 0.05) is 25.6 Å². The maximum absolute atomic E-state index is 5.26. The summed E-state index contributed by atoms with van der Waals surface area (Å²) >= 11 is 0. The van der Waals surface area contributed by atoms with Crippen LogP contribution in [0.1, 0.15) is 30.4 Å². The maximum Gasteiger partial charge on any atom is 0.119 e. The Balaban J connectivity index is 1.80. The Morgan fingerprint density at radius 2 is 2.32 bits per heavy atom. The molecule has 1 aromatic carbocycles. The van der Waals surface area contributed by atoms with E-state index in [4.69, 9.17) is 9.72 Å². The minimum absolute atomic E-state index is 0.770. The van der Waals surface area contributed by atoms with Gasteiger partial charge in [0.2, 0.25) is 0 Å². The third-order valence-corrected chi connectivity index (χ3v) is 3.80. The molecule has 3 nitrogen and oxygen atoms in total. The minimum atomic E-state index is 0.770. The molecule has 1 unspecified atom stereocenters. The van der Waals surface area contributed by atoms with Gasteiger partial charge in [-0.05, 0) is 30.0 Å². The Kier molecular flexibility index (Phi) is 3.28. The average molecular weight is 256 g/mol. The highest BCUT2D eigenvalue weighted by Crippen LogP contribution is 2.21. The van der Waals surface area contributed by atoms with E-state index in [0.717, 1.165) is 36.7 Å². The number of nitrogens with zero attached hydrogens (tertiary/aromatic N) is 2. The van der Waals surface area contributed by atoms with Gasteiger partial charge in [0.1, 0.15) is 11.6 Å². The molecule has 3 heteroatoms. The zero-order valence-corrected chi connectivity index (χ0v) is 11.6. The lowest BCUT2D eigenvalue weighted by Gasteiger charge is -2.19. The molecule has 100 valence electrons. The quantitative estimate of drug-likeness (QED) is 0.844. The summed E-state index contributed by atoms with van der Waals surface area (Å²) in [6.45, 7) is 3.42. The topological polar surface area (TPSA) is 27.1 Å². The van der Waals surface area contributed by atoms with Crippen LogP contribution in [0, 0.1) is 5.92 Å². The third kappa shape index (κ3) is 2.65. The van der Waals surface area contributed by atoms with Gasteiger partial charge in [-0.2, -0.15) is 0 Å². The second-order valence-corrected chi connectivity index (χ2v) is 5.47. The third-order valence-electron chi connectivity index (χ3n) is 3.80. The molecule has 1 aliphatic rings. The highest BCUT2D eigenvalue weighted by atomic mass is 16.5. The second-order valence-electron chi connectivity index (χ2n) is 5.47. The number of ether oxygens (including phenoxy) is 1. The molecule has 1 atom stereocenters. The summed E-state index contributed by atoms with van der Waals surface area (Å²) in [6.07, 6.45) is 5.46. The molecule has 0 saturated heterocycles. The summed E-state index contributed by atoms with van der Waals surface area (Å²) in [5.41, 5.74) is 2.42. The van der Waals surface area contributed by atoms with E-state index in [1.807, 2.05) is 12.1 Å². The van der Waals surface area contributed by atoms with E-state index in [0.29, 0.717) is 0 Å². The van der Waals surface area contributed by atoms with E-state index in [-0.39, 0.29) is 0 Å². The van der Waals surface area contributed by atoms with Crippen LogP contribution in [-0.4, -0.2) is 16.7 Å².